The first-order chi connectivity index (χ1) is 23.2. The van der Waals surface area contributed by atoms with E-state index in [4.69, 9.17) is 31.0 Å². The quantitative estimate of drug-likeness (QED) is 0.0559. The molecule has 0 radical (unpaired) electrons. The van der Waals surface area contributed by atoms with Crippen LogP contribution in [0, 0.1) is 5.41 Å². The van der Waals surface area contributed by atoms with Crippen molar-refractivity contribution >= 4 is 56.2 Å². The second-order valence-corrected chi connectivity index (χ2v) is 15.5. The van der Waals surface area contributed by atoms with Gasteiger partial charge in [-0.05, 0) is 90.0 Å². The summed E-state index contributed by atoms with van der Waals surface area (Å²) in [5.41, 5.74) is 9.07. The third kappa shape index (κ3) is 7.68. The number of nitrogen functional groups attached to an aromatic ring is 1. The van der Waals surface area contributed by atoms with Gasteiger partial charge >= 0.3 is 16.4 Å². The molecule has 3 atom stereocenters. The number of amidine groups is 1. The lowest BCUT2D eigenvalue weighted by Gasteiger charge is -2.50. The molecule has 3 aliphatic rings. The van der Waals surface area contributed by atoms with Crippen LogP contribution in [-0.4, -0.2) is 92.3 Å². The summed E-state index contributed by atoms with van der Waals surface area (Å²) in [6.07, 6.45) is 2.96. The monoisotopic (exact) mass is 736 g/mol. The Morgan fingerprint density at radius 2 is 1.90 bits per heavy atom. The fraction of sp³-hybridized carbons (Fsp3) is 0.533. The van der Waals surface area contributed by atoms with Crippen LogP contribution in [0.4, 0.5) is 5.13 Å². The SMILES string of the molecule is CC1(N)CCC(NC(=N)c2ccc3c(c2)CC[C@H]([C@](C)(O/N=C(\C(=O)N[C@@H]2C(=O)N(OS(=O)(=O)O)C2(C)C)c2csc(N)n2)C(=O)O)O3)CC1. The summed E-state index contributed by atoms with van der Waals surface area (Å²) in [6.45, 7) is 6.02. The van der Waals surface area contributed by atoms with E-state index in [-0.39, 0.29) is 34.7 Å². The molecule has 5 rings (SSSR count). The Labute approximate surface area is 291 Å². The van der Waals surface area contributed by atoms with Gasteiger partial charge in [-0.15, -0.1) is 15.6 Å². The van der Waals surface area contributed by atoms with E-state index in [9.17, 15) is 27.9 Å². The third-order valence-electron chi connectivity index (χ3n) is 9.24. The van der Waals surface area contributed by atoms with E-state index in [2.05, 4.69) is 25.1 Å². The zero-order chi connectivity index (χ0) is 36.8. The Hall–Kier alpha value is -4.37. The smallest absolute Gasteiger partial charge is 0.418 e. The summed E-state index contributed by atoms with van der Waals surface area (Å²) >= 11 is 0.963. The van der Waals surface area contributed by atoms with E-state index in [1.165, 1.54) is 26.2 Å². The minimum absolute atomic E-state index is 0.0569. The molecule has 0 spiro atoms. The number of thiazole rings is 1. The number of anilines is 1. The Balaban J connectivity index is 1.31. The van der Waals surface area contributed by atoms with Crippen LogP contribution in [0.2, 0.25) is 0 Å². The Morgan fingerprint density at radius 1 is 1.22 bits per heavy atom. The number of carboxylic acid groups (broad SMARTS) is 1. The third-order valence-corrected chi connectivity index (χ3v) is 10.2. The summed E-state index contributed by atoms with van der Waals surface area (Å²) < 4.78 is 41.8. The van der Waals surface area contributed by atoms with Crippen LogP contribution in [0.3, 0.4) is 0 Å². The topological polar surface area (TPSA) is 282 Å². The molecule has 18 nitrogen and oxygen atoms in total. The highest BCUT2D eigenvalue weighted by atomic mass is 32.3. The second-order valence-electron chi connectivity index (χ2n) is 13.6. The van der Waals surface area contributed by atoms with Crippen molar-refractivity contribution < 1.29 is 46.3 Å². The molecule has 9 N–H and O–H groups in total. The molecule has 1 aromatic carbocycles. The number of hydroxylamine groups is 2. The summed E-state index contributed by atoms with van der Waals surface area (Å²) in [4.78, 5) is 48.4. The first kappa shape index (κ1) is 36.9. The number of aryl methyl sites for hydroxylation is 1. The van der Waals surface area contributed by atoms with Crippen molar-refractivity contribution in [2.45, 2.75) is 101 Å². The van der Waals surface area contributed by atoms with E-state index in [0.717, 1.165) is 42.6 Å². The average molecular weight is 737 g/mol. The first-order valence-corrected chi connectivity index (χ1v) is 17.9. The summed E-state index contributed by atoms with van der Waals surface area (Å²) in [5, 5.41) is 30.3. The van der Waals surface area contributed by atoms with E-state index in [1.807, 2.05) is 13.0 Å². The van der Waals surface area contributed by atoms with Crippen LogP contribution in [-0.2, 0) is 40.3 Å². The standard InChI is InChI=1S/C30H40N8O10S2/c1-28(2)22(25(40)38(28)48-50(43,44)45)36-24(39)21(18-14-49-27(32)35-18)37-47-30(4,26(41)42)20-8-6-15-13-16(5-7-19(15)46-20)23(31)34-17-9-11-29(3,33)12-10-17/h5,7,13-14,17,20,22H,6,8-12,33H2,1-4H3,(H2,31,34)(H2,32,35)(H,36,39)(H,41,42)(H,43,44,45)/b37-21-/t17?,20-,22-,29?,30+/m1/s1. The number of nitrogens with zero attached hydrogens (tertiary/aromatic N) is 3. The number of aromatic nitrogens is 1. The van der Waals surface area contributed by atoms with Crippen LogP contribution in [0.25, 0.3) is 0 Å². The molecule has 1 aliphatic carbocycles. The number of hydrogen-bond acceptors (Lipinski definition) is 14. The number of benzene rings is 1. The number of ether oxygens (including phenoxy) is 1. The summed E-state index contributed by atoms with van der Waals surface area (Å²) in [7, 11) is -5.03. The van der Waals surface area contributed by atoms with Crippen molar-refractivity contribution in [1.29, 1.82) is 5.41 Å². The average Bonchev–Trinajstić information content (AvgIpc) is 3.47. The van der Waals surface area contributed by atoms with E-state index in [0.29, 0.717) is 22.8 Å². The second kappa shape index (κ2) is 13.4. The number of aliphatic carboxylic acids is 1. The Morgan fingerprint density at radius 3 is 2.48 bits per heavy atom. The van der Waals surface area contributed by atoms with Gasteiger partial charge in [0.15, 0.2) is 16.9 Å². The lowest BCUT2D eigenvalue weighted by Crippen LogP contribution is -2.76. The molecule has 0 unspecified atom stereocenters. The van der Waals surface area contributed by atoms with Gasteiger partial charge in [-0.1, -0.05) is 5.16 Å². The number of β-lactam (4-membered cyclic amide) rings is 1. The van der Waals surface area contributed by atoms with Gasteiger partial charge in [0.2, 0.25) is 0 Å². The molecule has 50 heavy (non-hydrogen) atoms. The van der Waals surface area contributed by atoms with Crippen molar-refractivity contribution in [3.8, 4) is 5.75 Å². The molecule has 2 amide bonds. The molecule has 2 aromatic rings. The molecule has 2 aliphatic heterocycles. The fourth-order valence-electron chi connectivity index (χ4n) is 6.04. The van der Waals surface area contributed by atoms with Crippen molar-refractivity contribution in [3.05, 3.63) is 40.4 Å². The number of hydrogen-bond donors (Lipinski definition) is 7. The van der Waals surface area contributed by atoms with Gasteiger partial charge in [-0.3, -0.25) is 19.6 Å². The van der Waals surface area contributed by atoms with E-state index >= 15 is 0 Å². The largest absolute Gasteiger partial charge is 0.485 e. The van der Waals surface area contributed by atoms with Crippen LogP contribution in [0.15, 0.2) is 28.7 Å². The molecule has 3 heterocycles. The van der Waals surface area contributed by atoms with Gasteiger partial charge in [0.05, 0.1) is 5.54 Å². The number of carbonyl (C=O) groups is 3. The number of carboxylic acids is 1. The van der Waals surface area contributed by atoms with Gasteiger partial charge in [-0.25, -0.2) is 9.78 Å². The predicted octanol–water partition coefficient (Wildman–Crippen LogP) is 1.10. The zero-order valence-corrected chi connectivity index (χ0v) is 29.4. The number of nitrogens with two attached hydrogens (primary N) is 2. The molecular weight excluding hydrogens is 697 g/mol. The van der Waals surface area contributed by atoms with Crippen molar-refractivity contribution in [3.63, 3.8) is 0 Å². The van der Waals surface area contributed by atoms with Gasteiger partial charge in [0.1, 0.15) is 23.3 Å². The molecule has 0 bridgehead atoms. The molecule has 20 heteroatoms. The maximum Gasteiger partial charge on any atom is 0.418 e. The minimum Gasteiger partial charge on any atom is -0.485 e. The number of amides is 2. The van der Waals surface area contributed by atoms with Crippen LogP contribution in [0.1, 0.15) is 76.6 Å². The van der Waals surface area contributed by atoms with Gasteiger partial charge < -0.3 is 36.8 Å². The molecular formula is C30H40N8O10S2. The zero-order valence-electron chi connectivity index (χ0n) is 27.8. The van der Waals surface area contributed by atoms with Crippen molar-refractivity contribution in [1.82, 2.24) is 20.7 Å². The number of rotatable bonds is 11. The minimum atomic E-state index is -5.03. The maximum absolute atomic E-state index is 13.5. The predicted molar refractivity (Wildman–Crippen MR) is 180 cm³/mol. The summed E-state index contributed by atoms with van der Waals surface area (Å²) in [5.74, 6) is -2.78. The fourth-order valence-corrected chi connectivity index (χ4v) is 7.04. The number of oxime groups is 1. The highest BCUT2D eigenvalue weighted by Gasteiger charge is 2.58. The highest BCUT2D eigenvalue weighted by molar-refractivity contribution is 7.80. The number of fused-ring (bicyclic) bond motifs is 1. The van der Waals surface area contributed by atoms with Crippen LogP contribution < -0.4 is 26.8 Å². The lowest BCUT2D eigenvalue weighted by molar-refractivity contribution is -0.218. The van der Waals surface area contributed by atoms with Crippen molar-refractivity contribution in [2.24, 2.45) is 10.9 Å². The number of nitrogens with one attached hydrogen (secondary N) is 3. The van der Waals surface area contributed by atoms with E-state index < -0.39 is 57.2 Å². The molecule has 272 valence electrons. The molecule has 1 saturated carbocycles. The van der Waals surface area contributed by atoms with E-state index in [1.54, 1.807) is 12.1 Å². The van der Waals surface area contributed by atoms with Gasteiger partial charge in [-0.2, -0.15) is 13.5 Å². The Bertz CT molecular complexity index is 1840. The first-order valence-electron chi connectivity index (χ1n) is 15.7. The normalized spacial score (nSPS) is 26.0. The number of carbonyl (C=O) groups excluding carboxylic acids is 2. The maximum atomic E-state index is 13.5. The van der Waals surface area contributed by atoms with Gasteiger partial charge in [0, 0.05) is 22.5 Å². The highest BCUT2D eigenvalue weighted by Crippen LogP contribution is 2.36. The molecule has 2 fully saturated rings. The van der Waals surface area contributed by atoms with Crippen molar-refractivity contribution in [2.75, 3.05) is 5.73 Å². The van der Waals surface area contributed by atoms with Crippen LogP contribution >= 0.6 is 11.3 Å². The van der Waals surface area contributed by atoms with Crippen LogP contribution in [0.5, 0.6) is 5.75 Å². The lowest BCUT2D eigenvalue weighted by atomic mass is 9.81. The summed E-state index contributed by atoms with van der Waals surface area (Å²) in [6, 6.07) is 4.01. The molecule has 1 aromatic heterocycles. The van der Waals surface area contributed by atoms with Gasteiger partial charge in [0.25, 0.3) is 17.4 Å². The molecule has 1 saturated heterocycles. The Kier molecular flexibility index (Phi) is 9.89.